The molecule has 1 heterocycles. The van der Waals surface area contributed by atoms with Crippen molar-refractivity contribution in [1.29, 1.82) is 0 Å². The standard InChI is InChI=1S/C17H21F2NO3/c18-12-1-2-13(14(19)9-12)17(5-7-23-8-6-17)15(22)20-10-16(11-21)3-4-16/h1-2,9,21H,3-8,10-11H2,(H,20,22). The van der Waals surface area contributed by atoms with Crippen LogP contribution < -0.4 is 5.32 Å². The fourth-order valence-corrected chi connectivity index (χ4v) is 3.22. The molecule has 4 nitrogen and oxygen atoms in total. The van der Waals surface area contributed by atoms with E-state index in [1.807, 2.05) is 0 Å². The Bertz CT molecular complexity index is 596. The number of aliphatic hydroxyl groups is 1. The maximum absolute atomic E-state index is 14.3. The minimum atomic E-state index is -1.04. The molecule has 0 bridgehead atoms. The molecule has 0 radical (unpaired) electrons. The third-order valence-electron chi connectivity index (χ3n) is 5.14. The van der Waals surface area contributed by atoms with Crippen LogP contribution in [0.25, 0.3) is 0 Å². The average molecular weight is 325 g/mol. The van der Waals surface area contributed by atoms with E-state index < -0.39 is 17.0 Å². The van der Waals surface area contributed by atoms with Gasteiger partial charge >= 0.3 is 0 Å². The van der Waals surface area contributed by atoms with Crippen LogP contribution >= 0.6 is 0 Å². The Kier molecular flexibility index (Phi) is 4.38. The second-order valence-electron chi connectivity index (χ2n) is 6.66. The first-order chi connectivity index (χ1) is 11.0. The van der Waals surface area contributed by atoms with Crippen molar-refractivity contribution in [3.05, 3.63) is 35.4 Å². The van der Waals surface area contributed by atoms with Gasteiger partial charge in [0.15, 0.2) is 0 Å². The Morgan fingerprint density at radius 3 is 2.48 bits per heavy atom. The van der Waals surface area contributed by atoms with Crippen LogP contribution in [0.4, 0.5) is 8.78 Å². The van der Waals surface area contributed by atoms with Crippen LogP contribution in [0, 0.1) is 17.0 Å². The second kappa shape index (κ2) is 6.17. The largest absolute Gasteiger partial charge is 0.396 e. The van der Waals surface area contributed by atoms with Gasteiger partial charge in [0.2, 0.25) is 5.91 Å². The predicted molar refractivity (Wildman–Crippen MR) is 79.9 cm³/mol. The van der Waals surface area contributed by atoms with Gasteiger partial charge in [0.25, 0.3) is 0 Å². The normalized spacial score (nSPS) is 21.7. The number of nitrogens with one attached hydrogen (secondary N) is 1. The number of amides is 1. The Morgan fingerprint density at radius 1 is 1.22 bits per heavy atom. The van der Waals surface area contributed by atoms with E-state index in [2.05, 4.69) is 5.32 Å². The SMILES string of the molecule is O=C(NCC1(CO)CC1)C1(c2ccc(F)cc2F)CCOCC1. The van der Waals surface area contributed by atoms with Gasteiger partial charge in [0, 0.05) is 36.8 Å². The summed E-state index contributed by atoms with van der Waals surface area (Å²) >= 11 is 0. The summed E-state index contributed by atoms with van der Waals surface area (Å²) in [6, 6.07) is 3.35. The van der Waals surface area contributed by atoms with E-state index in [0.29, 0.717) is 32.6 Å². The molecule has 1 aliphatic carbocycles. The molecule has 3 rings (SSSR count). The van der Waals surface area contributed by atoms with Crippen LogP contribution in [0.15, 0.2) is 18.2 Å². The topological polar surface area (TPSA) is 58.6 Å². The zero-order chi connectivity index (χ0) is 16.5. The molecular weight excluding hydrogens is 304 g/mol. The van der Waals surface area contributed by atoms with Crippen molar-refractivity contribution < 1.29 is 23.4 Å². The highest BCUT2D eigenvalue weighted by molar-refractivity contribution is 5.88. The zero-order valence-corrected chi connectivity index (χ0v) is 12.9. The molecule has 1 saturated heterocycles. The summed E-state index contributed by atoms with van der Waals surface area (Å²) in [6.45, 7) is 1.13. The number of halogens is 2. The maximum Gasteiger partial charge on any atom is 0.230 e. The van der Waals surface area contributed by atoms with E-state index >= 15 is 0 Å². The van der Waals surface area contributed by atoms with Gasteiger partial charge < -0.3 is 15.2 Å². The van der Waals surface area contributed by atoms with Crippen LogP contribution in [0.2, 0.25) is 0 Å². The summed E-state index contributed by atoms with van der Waals surface area (Å²) in [5.74, 6) is -1.64. The molecule has 1 amide bonds. The molecule has 0 aromatic heterocycles. The van der Waals surface area contributed by atoms with Crippen molar-refractivity contribution in [2.75, 3.05) is 26.4 Å². The van der Waals surface area contributed by atoms with Crippen molar-refractivity contribution >= 4 is 5.91 Å². The van der Waals surface area contributed by atoms with E-state index in [4.69, 9.17) is 4.74 Å². The summed E-state index contributed by atoms with van der Waals surface area (Å²) in [4.78, 5) is 12.8. The molecule has 1 saturated carbocycles. The summed E-state index contributed by atoms with van der Waals surface area (Å²) in [5.41, 5.74) is -1.04. The second-order valence-corrected chi connectivity index (χ2v) is 6.66. The molecule has 1 aliphatic heterocycles. The van der Waals surface area contributed by atoms with Crippen molar-refractivity contribution in [2.24, 2.45) is 5.41 Å². The van der Waals surface area contributed by atoms with Crippen molar-refractivity contribution in [3.63, 3.8) is 0 Å². The van der Waals surface area contributed by atoms with Crippen LogP contribution in [-0.4, -0.2) is 37.4 Å². The summed E-state index contributed by atoms with van der Waals surface area (Å²) in [5, 5.41) is 12.2. The molecule has 6 heteroatoms. The third kappa shape index (κ3) is 3.10. The smallest absolute Gasteiger partial charge is 0.230 e. The Labute approximate surface area is 133 Å². The lowest BCUT2D eigenvalue weighted by molar-refractivity contribution is -0.131. The predicted octanol–water partition coefficient (Wildman–Crippen LogP) is 1.90. The summed E-state index contributed by atoms with van der Waals surface area (Å²) in [6.07, 6.45) is 2.47. The van der Waals surface area contributed by atoms with Gasteiger partial charge in [-0.25, -0.2) is 8.78 Å². The van der Waals surface area contributed by atoms with Gasteiger partial charge in [0.1, 0.15) is 11.6 Å². The molecule has 1 aromatic rings. The number of carbonyl (C=O) groups excluding carboxylic acids is 1. The first-order valence-electron chi connectivity index (χ1n) is 7.94. The Morgan fingerprint density at radius 2 is 1.91 bits per heavy atom. The van der Waals surface area contributed by atoms with Gasteiger partial charge in [-0.2, -0.15) is 0 Å². The van der Waals surface area contributed by atoms with Gasteiger partial charge in [0.05, 0.1) is 12.0 Å². The van der Waals surface area contributed by atoms with E-state index in [-0.39, 0.29) is 23.5 Å². The molecular formula is C17H21F2NO3. The van der Waals surface area contributed by atoms with Gasteiger partial charge in [-0.05, 0) is 31.7 Å². The average Bonchev–Trinajstić information content (AvgIpc) is 3.34. The molecule has 2 aliphatic rings. The number of ether oxygens (including phenoxy) is 1. The van der Waals surface area contributed by atoms with E-state index in [9.17, 15) is 18.7 Å². The molecule has 0 unspecified atom stereocenters. The molecule has 23 heavy (non-hydrogen) atoms. The van der Waals surface area contributed by atoms with E-state index in [1.54, 1.807) is 0 Å². The highest BCUT2D eigenvalue weighted by Crippen LogP contribution is 2.45. The van der Waals surface area contributed by atoms with Crippen molar-refractivity contribution in [1.82, 2.24) is 5.32 Å². The Balaban J connectivity index is 1.85. The van der Waals surface area contributed by atoms with Crippen LogP contribution in [0.5, 0.6) is 0 Å². The quantitative estimate of drug-likeness (QED) is 0.869. The highest BCUT2D eigenvalue weighted by atomic mass is 19.1. The number of aliphatic hydroxyl groups excluding tert-OH is 1. The molecule has 126 valence electrons. The number of rotatable bonds is 5. The number of hydrogen-bond donors (Lipinski definition) is 2. The minimum Gasteiger partial charge on any atom is -0.396 e. The maximum atomic E-state index is 14.3. The molecule has 1 aromatic carbocycles. The van der Waals surface area contributed by atoms with E-state index in [1.165, 1.54) is 12.1 Å². The van der Waals surface area contributed by atoms with Crippen LogP contribution in [0.3, 0.4) is 0 Å². The molecule has 2 N–H and O–H groups in total. The fraction of sp³-hybridized carbons (Fsp3) is 0.588. The van der Waals surface area contributed by atoms with Gasteiger partial charge in [-0.3, -0.25) is 4.79 Å². The van der Waals surface area contributed by atoms with Crippen molar-refractivity contribution in [3.8, 4) is 0 Å². The zero-order valence-electron chi connectivity index (χ0n) is 12.9. The Hall–Kier alpha value is -1.53. The number of hydrogen-bond acceptors (Lipinski definition) is 3. The van der Waals surface area contributed by atoms with Crippen molar-refractivity contribution in [2.45, 2.75) is 31.1 Å². The first-order valence-corrected chi connectivity index (χ1v) is 7.94. The van der Waals surface area contributed by atoms with E-state index in [0.717, 1.165) is 18.9 Å². The van der Waals surface area contributed by atoms with Crippen LogP contribution in [-0.2, 0) is 14.9 Å². The summed E-state index contributed by atoms with van der Waals surface area (Å²) in [7, 11) is 0. The molecule has 0 atom stereocenters. The molecule has 0 spiro atoms. The van der Waals surface area contributed by atoms with Crippen LogP contribution in [0.1, 0.15) is 31.2 Å². The van der Waals surface area contributed by atoms with Gasteiger partial charge in [-0.1, -0.05) is 6.07 Å². The lowest BCUT2D eigenvalue weighted by Gasteiger charge is -2.36. The monoisotopic (exact) mass is 325 g/mol. The third-order valence-corrected chi connectivity index (χ3v) is 5.14. The lowest BCUT2D eigenvalue weighted by Crippen LogP contribution is -2.50. The molecule has 2 fully saturated rings. The fourth-order valence-electron chi connectivity index (χ4n) is 3.22. The highest BCUT2D eigenvalue weighted by Gasteiger charge is 2.46. The number of benzene rings is 1. The van der Waals surface area contributed by atoms with Gasteiger partial charge in [-0.15, -0.1) is 0 Å². The minimum absolute atomic E-state index is 0.0360. The number of carbonyl (C=O) groups is 1. The summed E-state index contributed by atoms with van der Waals surface area (Å²) < 4.78 is 32.8. The lowest BCUT2D eigenvalue weighted by atomic mass is 9.73. The first kappa shape index (κ1) is 16.3.